The van der Waals surface area contributed by atoms with Gasteiger partial charge in [0.1, 0.15) is 18.1 Å². The second kappa shape index (κ2) is 11.7. The van der Waals surface area contributed by atoms with Gasteiger partial charge in [0.2, 0.25) is 0 Å². The van der Waals surface area contributed by atoms with Gasteiger partial charge in [-0.3, -0.25) is 0 Å². The number of aryl methyl sites for hydroxylation is 1. The lowest BCUT2D eigenvalue weighted by Crippen LogP contribution is -2.22. The Labute approximate surface area is 181 Å². The Morgan fingerprint density at radius 1 is 1.16 bits per heavy atom. The molecule has 6 N–H and O–H groups in total. The minimum Gasteiger partial charge on any atom is -0.494 e. The van der Waals surface area contributed by atoms with E-state index in [4.69, 9.17) is 20.4 Å². The number of nitrogens with one attached hydrogen (secondary N) is 1. The molecule has 0 saturated heterocycles. The summed E-state index contributed by atoms with van der Waals surface area (Å²) in [6.07, 6.45) is 1.62. The molecule has 2 rings (SSSR count). The van der Waals surface area contributed by atoms with E-state index in [1.165, 1.54) is 0 Å². The van der Waals surface area contributed by atoms with Crippen LogP contribution < -0.4 is 20.5 Å². The van der Waals surface area contributed by atoms with Crippen molar-refractivity contribution in [3.63, 3.8) is 0 Å². The number of nitrogens with zero attached hydrogens (tertiary/aromatic N) is 1. The van der Waals surface area contributed by atoms with Crippen molar-refractivity contribution >= 4 is 17.5 Å². The number of hydrogen-bond acceptors (Lipinski definition) is 7. The number of carboxylic acid groups (broad SMARTS) is 1. The van der Waals surface area contributed by atoms with Gasteiger partial charge in [0.25, 0.3) is 0 Å². The molecule has 0 aliphatic rings. The first-order valence-electron chi connectivity index (χ1n) is 10.1. The average Bonchev–Trinajstić information content (AvgIpc) is 2.77. The molecular formula is C22H29N3O6. The summed E-state index contributed by atoms with van der Waals surface area (Å²) < 4.78 is 11.4. The molecule has 168 valence electrons. The Kier molecular flexibility index (Phi) is 8.95. The molecule has 0 bridgehead atoms. The number of rotatable bonds is 12. The second-order valence-electron chi connectivity index (χ2n) is 6.73. The van der Waals surface area contributed by atoms with Crippen molar-refractivity contribution < 1.29 is 29.7 Å². The normalized spacial score (nSPS) is 12.3. The van der Waals surface area contributed by atoms with Gasteiger partial charge in [-0.15, -0.1) is 0 Å². The van der Waals surface area contributed by atoms with Crippen LogP contribution in [0.1, 0.15) is 43.0 Å². The fraction of sp³-hybridized carbons (Fsp3) is 0.364. The van der Waals surface area contributed by atoms with Gasteiger partial charge in [-0.2, -0.15) is 0 Å². The van der Waals surface area contributed by atoms with Crippen LogP contribution in [0.25, 0.3) is 0 Å². The number of aliphatic hydroxyl groups excluding tert-OH is 1. The summed E-state index contributed by atoms with van der Waals surface area (Å²) in [7, 11) is 0. The molecule has 9 heteroatoms. The van der Waals surface area contributed by atoms with Crippen LogP contribution in [0.4, 0.5) is 5.69 Å². The molecule has 1 unspecified atom stereocenters. The van der Waals surface area contributed by atoms with Gasteiger partial charge in [-0.05, 0) is 55.3 Å². The fourth-order valence-electron chi connectivity index (χ4n) is 3.11. The number of benzene rings is 2. The SMILES string of the molecule is CCCc1cc(OCCO)c(C(Nc2ccc(/C(N)=N\O)cc2)C(=O)O)cc1OCC. The highest BCUT2D eigenvalue weighted by atomic mass is 16.5. The predicted molar refractivity (Wildman–Crippen MR) is 117 cm³/mol. The number of hydrogen-bond donors (Lipinski definition) is 5. The summed E-state index contributed by atoms with van der Waals surface area (Å²) in [5.41, 5.74) is 7.87. The zero-order valence-corrected chi connectivity index (χ0v) is 17.7. The van der Waals surface area contributed by atoms with E-state index in [0.717, 1.165) is 18.4 Å². The number of amidine groups is 1. The van der Waals surface area contributed by atoms with Crippen molar-refractivity contribution in [3.05, 3.63) is 53.1 Å². The highest BCUT2D eigenvalue weighted by Crippen LogP contribution is 2.35. The fourth-order valence-corrected chi connectivity index (χ4v) is 3.11. The Hall–Kier alpha value is -3.46. The van der Waals surface area contributed by atoms with E-state index in [9.17, 15) is 15.0 Å². The minimum absolute atomic E-state index is 0.0351. The lowest BCUT2D eigenvalue weighted by atomic mass is 9.99. The highest BCUT2D eigenvalue weighted by molar-refractivity contribution is 5.97. The molecule has 2 aromatic carbocycles. The molecule has 0 saturated carbocycles. The third kappa shape index (κ3) is 6.26. The number of anilines is 1. The quantitative estimate of drug-likeness (QED) is 0.149. The van der Waals surface area contributed by atoms with Gasteiger partial charge in [0, 0.05) is 16.8 Å². The zero-order valence-electron chi connectivity index (χ0n) is 17.7. The number of carbonyl (C=O) groups is 1. The summed E-state index contributed by atoms with van der Waals surface area (Å²) in [4.78, 5) is 12.2. The summed E-state index contributed by atoms with van der Waals surface area (Å²) in [5, 5.41) is 33.8. The van der Waals surface area contributed by atoms with Crippen LogP contribution in [0, 0.1) is 0 Å². The molecule has 0 fully saturated rings. The van der Waals surface area contributed by atoms with Crippen molar-refractivity contribution in [1.82, 2.24) is 0 Å². The smallest absolute Gasteiger partial charge is 0.330 e. The lowest BCUT2D eigenvalue weighted by molar-refractivity contribution is -0.138. The molecule has 0 radical (unpaired) electrons. The molecule has 0 aliphatic heterocycles. The maximum atomic E-state index is 12.2. The van der Waals surface area contributed by atoms with Crippen LogP contribution in [0.3, 0.4) is 0 Å². The number of nitrogens with two attached hydrogens (primary N) is 1. The Morgan fingerprint density at radius 3 is 2.42 bits per heavy atom. The Bertz CT molecular complexity index is 899. The van der Waals surface area contributed by atoms with Gasteiger partial charge in [0.15, 0.2) is 11.9 Å². The third-order valence-electron chi connectivity index (χ3n) is 4.52. The van der Waals surface area contributed by atoms with E-state index in [2.05, 4.69) is 10.5 Å². The average molecular weight is 431 g/mol. The largest absolute Gasteiger partial charge is 0.494 e. The molecule has 0 spiro atoms. The van der Waals surface area contributed by atoms with Crippen molar-refractivity contribution in [2.45, 2.75) is 32.7 Å². The molecule has 0 aliphatic carbocycles. The molecule has 0 aromatic heterocycles. The third-order valence-corrected chi connectivity index (χ3v) is 4.52. The number of carboxylic acids is 1. The van der Waals surface area contributed by atoms with Crippen molar-refractivity contribution in [3.8, 4) is 11.5 Å². The van der Waals surface area contributed by atoms with E-state index in [-0.39, 0.29) is 19.0 Å². The van der Waals surface area contributed by atoms with Crippen LogP contribution in [0.2, 0.25) is 0 Å². The van der Waals surface area contributed by atoms with Crippen molar-refractivity contribution in [1.29, 1.82) is 0 Å². The topological polar surface area (TPSA) is 147 Å². The van der Waals surface area contributed by atoms with Gasteiger partial charge >= 0.3 is 5.97 Å². The first kappa shape index (κ1) is 23.8. The standard InChI is InChI=1S/C22H29N3O6/c1-3-5-15-12-19(31-11-10-26)17(13-18(15)30-4-2)20(22(27)28)24-16-8-6-14(7-9-16)21(23)25-29/h6-9,12-13,20,24,26,29H,3-5,10-11H2,1-2H3,(H2,23,25)(H,27,28). The number of aliphatic hydroxyl groups is 1. The number of ether oxygens (including phenoxy) is 2. The van der Waals surface area contributed by atoms with E-state index in [1.54, 1.807) is 36.4 Å². The summed E-state index contributed by atoms with van der Waals surface area (Å²) in [6, 6.07) is 8.79. The van der Waals surface area contributed by atoms with Crippen LogP contribution >= 0.6 is 0 Å². The summed E-state index contributed by atoms with van der Waals surface area (Å²) >= 11 is 0. The van der Waals surface area contributed by atoms with E-state index < -0.39 is 12.0 Å². The molecule has 1 atom stereocenters. The maximum Gasteiger partial charge on any atom is 0.330 e. The summed E-state index contributed by atoms with van der Waals surface area (Å²) in [5.74, 6) is -0.186. The molecule has 2 aromatic rings. The van der Waals surface area contributed by atoms with Crippen LogP contribution in [0.5, 0.6) is 11.5 Å². The molecule has 9 nitrogen and oxygen atoms in total. The monoisotopic (exact) mass is 431 g/mol. The van der Waals surface area contributed by atoms with Gasteiger partial charge < -0.3 is 35.9 Å². The lowest BCUT2D eigenvalue weighted by Gasteiger charge is -2.22. The first-order valence-corrected chi connectivity index (χ1v) is 10.1. The Morgan fingerprint density at radius 2 is 1.87 bits per heavy atom. The highest BCUT2D eigenvalue weighted by Gasteiger charge is 2.26. The Balaban J connectivity index is 2.47. The van der Waals surface area contributed by atoms with E-state index >= 15 is 0 Å². The van der Waals surface area contributed by atoms with Crippen molar-refractivity contribution in [2.24, 2.45) is 10.9 Å². The number of aliphatic carboxylic acids is 1. The van der Waals surface area contributed by atoms with Gasteiger partial charge in [-0.1, -0.05) is 18.5 Å². The molecular weight excluding hydrogens is 402 g/mol. The van der Waals surface area contributed by atoms with Crippen LogP contribution in [0.15, 0.2) is 41.6 Å². The van der Waals surface area contributed by atoms with Crippen molar-refractivity contribution in [2.75, 3.05) is 25.1 Å². The second-order valence-corrected chi connectivity index (χ2v) is 6.73. The zero-order chi connectivity index (χ0) is 22.8. The van der Waals surface area contributed by atoms with E-state index in [0.29, 0.717) is 34.9 Å². The van der Waals surface area contributed by atoms with Gasteiger partial charge in [0.05, 0.1) is 13.2 Å². The van der Waals surface area contributed by atoms with E-state index in [1.807, 2.05) is 13.8 Å². The molecule has 0 amide bonds. The first-order chi connectivity index (χ1) is 14.9. The predicted octanol–water partition coefficient (Wildman–Crippen LogP) is 2.74. The van der Waals surface area contributed by atoms with Crippen LogP contribution in [-0.4, -0.2) is 47.0 Å². The van der Waals surface area contributed by atoms with Crippen LogP contribution in [-0.2, 0) is 11.2 Å². The number of oxime groups is 1. The molecule has 0 heterocycles. The molecule has 31 heavy (non-hydrogen) atoms. The van der Waals surface area contributed by atoms with Gasteiger partial charge in [-0.25, -0.2) is 4.79 Å². The summed E-state index contributed by atoms with van der Waals surface area (Å²) in [6.45, 7) is 4.18. The maximum absolute atomic E-state index is 12.2. The minimum atomic E-state index is -1.14.